The number of unbranched alkanes of at least 4 members (excludes halogenated alkanes) is 1. The normalized spacial score (nSPS) is 27.2. The largest absolute Gasteiger partial charge is 0.410 e. The van der Waals surface area contributed by atoms with Gasteiger partial charge in [0, 0.05) is 11.8 Å². The van der Waals surface area contributed by atoms with Crippen molar-refractivity contribution < 1.29 is 13.6 Å². The van der Waals surface area contributed by atoms with Crippen molar-refractivity contribution in [3.63, 3.8) is 0 Å². The molecule has 4 atom stereocenters. The van der Waals surface area contributed by atoms with E-state index in [9.17, 15) is 4.79 Å². The zero-order chi connectivity index (χ0) is 28.0. The molecular formula is C31H58O3Si2. The lowest BCUT2D eigenvalue weighted by Crippen LogP contribution is -2.51. The Morgan fingerprint density at radius 1 is 1.03 bits per heavy atom. The first-order valence-corrected chi connectivity index (χ1v) is 20.2. The third-order valence-electron chi connectivity index (χ3n) is 10.1. The zero-order valence-corrected chi connectivity index (χ0v) is 28.1. The van der Waals surface area contributed by atoms with Crippen molar-refractivity contribution in [1.82, 2.24) is 0 Å². The van der Waals surface area contributed by atoms with E-state index >= 15 is 0 Å². The molecule has 3 nitrogen and oxygen atoms in total. The van der Waals surface area contributed by atoms with E-state index in [1.54, 1.807) is 0 Å². The molecule has 2 rings (SSSR count). The van der Waals surface area contributed by atoms with Gasteiger partial charge in [0.25, 0.3) is 0 Å². The Morgan fingerprint density at radius 3 is 2.08 bits per heavy atom. The molecule has 2 aliphatic rings. The molecule has 0 N–H and O–H groups in total. The fourth-order valence-corrected chi connectivity index (χ4v) is 8.30. The molecule has 5 heteroatoms. The van der Waals surface area contributed by atoms with Crippen LogP contribution in [0.25, 0.3) is 0 Å². The highest BCUT2D eigenvalue weighted by molar-refractivity contribution is 6.74. The average Bonchev–Trinajstić information content (AvgIpc) is 3.19. The van der Waals surface area contributed by atoms with Crippen LogP contribution in [0.1, 0.15) is 101 Å². The van der Waals surface area contributed by atoms with Gasteiger partial charge in [-0.1, -0.05) is 93.9 Å². The van der Waals surface area contributed by atoms with E-state index in [4.69, 9.17) is 8.85 Å². The molecule has 0 bridgehead atoms. The number of carbonyl (C=O) groups is 1. The Kier molecular flexibility index (Phi) is 9.32. The number of Topliss-reactive ketones (excluding diaryl/α,β-unsaturated/α-hetero) is 1. The van der Waals surface area contributed by atoms with E-state index in [0.717, 1.165) is 31.3 Å². The fourth-order valence-electron chi connectivity index (χ4n) is 5.34. The predicted molar refractivity (Wildman–Crippen MR) is 161 cm³/mol. The predicted octanol–water partition coefficient (Wildman–Crippen LogP) is 9.47. The zero-order valence-electron chi connectivity index (χ0n) is 26.1. The summed E-state index contributed by atoms with van der Waals surface area (Å²) in [6, 6.07) is 0. The van der Waals surface area contributed by atoms with Crippen molar-refractivity contribution in [3.05, 3.63) is 24.3 Å². The number of ketones is 1. The average molecular weight is 535 g/mol. The molecule has 1 unspecified atom stereocenters. The lowest BCUT2D eigenvalue weighted by Gasteiger charge is -2.46. The van der Waals surface area contributed by atoms with Gasteiger partial charge in [0.15, 0.2) is 22.4 Å². The summed E-state index contributed by atoms with van der Waals surface area (Å²) < 4.78 is 14.5. The SMILES string of the molecule is C=C1C[C@H]2[C@H](CC[C@@]2(C=CC(O[Si](C)(C)C(C)(C)C)C(C)(C)CCCC)O[Si](C)(C)C(C)(C)C)C1=O. The first-order valence-electron chi connectivity index (χ1n) is 14.4. The topological polar surface area (TPSA) is 35.5 Å². The molecule has 0 aromatic carbocycles. The first kappa shape index (κ1) is 31.7. The maximum Gasteiger partial charge on any atom is 0.193 e. The summed E-state index contributed by atoms with van der Waals surface area (Å²) in [4.78, 5) is 13.0. The molecule has 2 saturated carbocycles. The van der Waals surface area contributed by atoms with Crippen molar-refractivity contribution in [2.75, 3.05) is 0 Å². The Morgan fingerprint density at radius 2 is 1.58 bits per heavy atom. The maximum atomic E-state index is 13.0. The molecular weight excluding hydrogens is 477 g/mol. The second kappa shape index (κ2) is 10.6. The highest BCUT2D eigenvalue weighted by Crippen LogP contribution is 2.55. The van der Waals surface area contributed by atoms with Crippen LogP contribution in [0.3, 0.4) is 0 Å². The molecule has 2 aliphatic carbocycles. The summed E-state index contributed by atoms with van der Waals surface area (Å²) >= 11 is 0. The van der Waals surface area contributed by atoms with Crippen LogP contribution in [-0.2, 0) is 13.6 Å². The van der Waals surface area contributed by atoms with Crippen LogP contribution in [0, 0.1) is 17.3 Å². The van der Waals surface area contributed by atoms with Gasteiger partial charge in [0.05, 0.1) is 11.7 Å². The number of hydrogen-bond donors (Lipinski definition) is 0. The van der Waals surface area contributed by atoms with Crippen LogP contribution in [0.15, 0.2) is 24.3 Å². The summed E-state index contributed by atoms with van der Waals surface area (Å²) in [6.45, 7) is 34.4. The minimum absolute atomic E-state index is 0.0178. The van der Waals surface area contributed by atoms with Gasteiger partial charge in [-0.25, -0.2) is 0 Å². The van der Waals surface area contributed by atoms with E-state index in [0.29, 0.717) is 0 Å². The molecule has 2 fully saturated rings. The second-order valence-electron chi connectivity index (χ2n) is 15.5. The van der Waals surface area contributed by atoms with E-state index in [1.807, 2.05) is 0 Å². The van der Waals surface area contributed by atoms with Gasteiger partial charge in [-0.05, 0) is 72.9 Å². The first-order chi connectivity index (χ1) is 16.1. The molecule has 0 aromatic rings. The van der Waals surface area contributed by atoms with Crippen molar-refractivity contribution in [1.29, 1.82) is 0 Å². The lowest BCUT2D eigenvalue weighted by molar-refractivity contribution is -0.118. The van der Waals surface area contributed by atoms with E-state index in [2.05, 4.69) is 107 Å². The van der Waals surface area contributed by atoms with Gasteiger partial charge in [-0.15, -0.1) is 0 Å². The molecule has 0 radical (unpaired) electrons. The van der Waals surface area contributed by atoms with Gasteiger partial charge >= 0.3 is 0 Å². The minimum Gasteiger partial charge on any atom is -0.410 e. The van der Waals surface area contributed by atoms with Crippen LogP contribution in [0.2, 0.25) is 36.3 Å². The van der Waals surface area contributed by atoms with Gasteiger partial charge in [0.2, 0.25) is 0 Å². The van der Waals surface area contributed by atoms with Crippen molar-refractivity contribution in [2.45, 2.75) is 149 Å². The van der Waals surface area contributed by atoms with Crippen molar-refractivity contribution in [3.8, 4) is 0 Å². The van der Waals surface area contributed by atoms with Crippen molar-refractivity contribution >= 4 is 22.4 Å². The summed E-state index contributed by atoms with van der Waals surface area (Å²) in [6.07, 6.45) is 10.8. The maximum absolute atomic E-state index is 13.0. The third-order valence-corrected chi connectivity index (χ3v) is 19.0. The molecule has 36 heavy (non-hydrogen) atoms. The Balaban J connectivity index is 2.56. The number of hydrogen-bond acceptors (Lipinski definition) is 3. The molecule has 0 aliphatic heterocycles. The third kappa shape index (κ3) is 6.55. The smallest absolute Gasteiger partial charge is 0.193 e. The summed E-state index contributed by atoms with van der Waals surface area (Å²) in [5.41, 5.74) is 0.394. The highest BCUT2D eigenvalue weighted by Gasteiger charge is 2.57. The number of allylic oxidation sites excluding steroid dienone is 1. The summed E-state index contributed by atoms with van der Waals surface area (Å²) in [7, 11) is -4.08. The van der Waals surface area contributed by atoms with E-state index in [1.165, 1.54) is 12.8 Å². The molecule has 0 saturated heterocycles. The van der Waals surface area contributed by atoms with Gasteiger partial charge in [0.1, 0.15) is 0 Å². The minimum atomic E-state index is -2.09. The molecule has 0 spiro atoms. The lowest BCUT2D eigenvalue weighted by atomic mass is 9.80. The van der Waals surface area contributed by atoms with Crippen LogP contribution < -0.4 is 0 Å². The Bertz CT molecular complexity index is 841. The Labute approximate surface area is 226 Å². The van der Waals surface area contributed by atoms with Crippen LogP contribution in [0.4, 0.5) is 0 Å². The summed E-state index contributed by atoms with van der Waals surface area (Å²) in [5.74, 6) is 0.515. The summed E-state index contributed by atoms with van der Waals surface area (Å²) in [5, 5.41) is 0.242. The number of fused-ring (bicyclic) bond motifs is 1. The number of carbonyl (C=O) groups excluding carboxylic acids is 1. The van der Waals surface area contributed by atoms with Gasteiger partial charge < -0.3 is 8.85 Å². The number of rotatable bonds is 10. The van der Waals surface area contributed by atoms with Gasteiger partial charge in [-0.3, -0.25) is 4.79 Å². The standard InChI is InChI=1S/C31H58O3Si2/c1-15-16-19-30(9,10)26(33-35(11,12)28(3,4)5)18-21-31(34-36(13,14)29(6,7)8)20-17-24-25(31)22-23(2)27(24)32/h18,21,24-26H,2,15-17,19-20,22H2,1,3-14H3/t24-,25-,26?,31-/m0/s1. The van der Waals surface area contributed by atoms with E-state index in [-0.39, 0.29) is 39.2 Å². The van der Waals surface area contributed by atoms with Crippen LogP contribution in [0.5, 0.6) is 0 Å². The second-order valence-corrected chi connectivity index (χ2v) is 25.0. The Hall–Kier alpha value is -0.496. The fraction of sp³-hybridized carbons (Fsp3) is 0.839. The highest BCUT2D eigenvalue weighted by atomic mass is 28.4. The van der Waals surface area contributed by atoms with Crippen LogP contribution in [-0.4, -0.2) is 34.1 Å². The molecule has 208 valence electrons. The van der Waals surface area contributed by atoms with Gasteiger partial charge in [-0.2, -0.15) is 0 Å². The molecule has 0 amide bonds. The monoisotopic (exact) mass is 534 g/mol. The molecule has 0 aromatic heterocycles. The molecule has 0 heterocycles. The van der Waals surface area contributed by atoms with Crippen molar-refractivity contribution in [2.24, 2.45) is 17.3 Å². The van der Waals surface area contributed by atoms with Crippen LogP contribution >= 0.6 is 0 Å². The van der Waals surface area contributed by atoms with E-state index < -0.39 is 22.2 Å². The quantitative estimate of drug-likeness (QED) is 0.159.